The van der Waals surface area contributed by atoms with Crippen molar-refractivity contribution in [3.05, 3.63) is 23.8 Å². The fourth-order valence-corrected chi connectivity index (χ4v) is 2.30. The van der Waals surface area contributed by atoms with Gasteiger partial charge in [0.05, 0.1) is 6.10 Å². The minimum absolute atomic E-state index is 0.0762. The van der Waals surface area contributed by atoms with Crippen LogP contribution < -0.4 is 11.5 Å². The second-order valence-corrected chi connectivity index (χ2v) is 4.97. The number of nitrogens with two attached hydrogens (primary N) is 2. The molecule has 1 aromatic rings. The minimum Gasteiger partial charge on any atom is -0.399 e. The molecule has 2 atom stereocenters. The summed E-state index contributed by atoms with van der Waals surface area (Å²) < 4.78 is 0. The third kappa shape index (κ3) is 2.56. The Labute approximate surface area is 106 Å². The fraction of sp³-hybridized carbons (Fsp3) is 0.462. The second kappa shape index (κ2) is 4.86. The standard InChI is InChI=1S/C13H19N3O2/c1-8-7-16(3-2-12(8)17)13(18)9-4-10(14)6-11(15)5-9/h4-6,8,12,17H,2-3,7,14-15H2,1H3. The molecule has 5 nitrogen and oxygen atoms in total. The lowest BCUT2D eigenvalue weighted by atomic mass is 9.96. The number of amides is 1. The SMILES string of the molecule is CC1CN(C(=O)c2cc(N)cc(N)c2)CCC1O. The van der Waals surface area contributed by atoms with Gasteiger partial charge in [-0.05, 0) is 30.5 Å². The van der Waals surface area contributed by atoms with Crippen LogP contribution in [0.2, 0.25) is 0 Å². The van der Waals surface area contributed by atoms with Gasteiger partial charge in [-0.25, -0.2) is 0 Å². The highest BCUT2D eigenvalue weighted by molar-refractivity contribution is 5.96. The first-order chi connectivity index (χ1) is 8.47. The van der Waals surface area contributed by atoms with Crippen LogP contribution in [0.4, 0.5) is 11.4 Å². The van der Waals surface area contributed by atoms with Gasteiger partial charge in [-0.3, -0.25) is 4.79 Å². The Kier molecular flexibility index (Phi) is 3.43. The summed E-state index contributed by atoms with van der Waals surface area (Å²) in [6.45, 7) is 3.07. The summed E-state index contributed by atoms with van der Waals surface area (Å²) in [4.78, 5) is 14.0. The number of carbonyl (C=O) groups excluding carboxylic acids is 1. The van der Waals surface area contributed by atoms with Crippen LogP contribution in [0.3, 0.4) is 0 Å². The largest absolute Gasteiger partial charge is 0.399 e. The van der Waals surface area contributed by atoms with E-state index < -0.39 is 0 Å². The van der Waals surface area contributed by atoms with E-state index in [1.54, 1.807) is 23.1 Å². The second-order valence-electron chi connectivity index (χ2n) is 4.97. The van der Waals surface area contributed by atoms with Gasteiger partial charge in [0.2, 0.25) is 0 Å². The molecular formula is C13H19N3O2. The lowest BCUT2D eigenvalue weighted by Gasteiger charge is -2.34. The van der Waals surface area contributed by atoms with Crippen molar-refractivity contribution >= 4 is 17.3 Å². The molecule has 0 bridgehead atoms. The predicted molar refractivity (Wildman–Crippen MR) is 71.0 cm³/mol. The van der Waals surface area contributed by atoms with E-state index in [0.29, 0.717) is 36.4 Å². The van der Waals surface area contributed by atoms with Gasteiger partial charge in [-0.2, -0.15) is 0 Å². The number of benzene rings is 1. The highest BCUT2D eigenvalue weighted by Gasteiger charge is 2.27. The molecule has 2 rings (SSSR count). The van der Waals surface area contributed by atoms with Gasteiger partial charge in [-0.1, -0.05) is 6.92 Å². The van der Waals surface area contributed by atoms with Crippen LogP contribution >= 0.6 is 0 Å². The third-order valence-electron chi connectivity index (χ3n) is 3.37. The highest BCUT2D eigenvalue weighted by Crippen LogP contribution is 2.21. The first kappa shape index (κ1) is 12.7. The molecule has 5 heteroatoms. The van der Waals surface area contributed by atoms with Crippen LogP contribution in [0.1, 0.15) is 23.7 Å². The number of aliphatic hydroxyl groups excluding tert-OH is 1. The van der Waals surface area contributed by atoms with Crippen molar-refractivity contribution in [1.82, 2.24) is 4.90 Å². The van der Waals surface area contributed by atoms with Crippen LogP contribution in [0.25, 0.3) is 0 Å². The Morgan fingerprint density at radius 3 is 2.50 bits per heavy atom. The summed E-state index contributed by atoms with van der Waals surface area (Å²) in [5.74, 6) is 0.0221. The molecule has 0 aromatic heterocycles. The maximum Gasteiger partial charge on any atom is 0.254 e. The molecule has 18 heavy (non-hydrogen) atoms. The maximum atomic E-state index is 12.3. The fourth-order valence-electron chi connectivity index (χ4n) is 2.30. The zero-order chi connectivity index (χ0) is 13.3. The molecule has 98 valence electrons. The topological polar surface area (TPSA) is 92.6 Å². The van der Waals surface area contributed by atoms with Crippen LogP contribution in [0.5, 0.6) is 0 Å². The van der Waals surface area contributed by atoms with E-state index >= 15 is 0 Å². The van der Waals surface area contributed by atoms with Gasteiger partial charge < -0.3 is 21.5 Å². The average Bonchev–Trinajstić information content (AvgIpc) is 2.30. The van der Waals surface area contributed by atoms with Crippen LogP contribution in [0.15, 0.2) is 18.2 Å². The number of rotatable bonds is 1. The van der Waals surface area contributed by atoms with Crippen LogP contribution in [-0.4, -0.2) is 35.1 Å². The number of hydrogen-bond acceptors (Lipinski definition) is 4. The Bertz CT molecular complexity index is 441. The van der Waals surface area contributed by atoms with E-state index in [1.807, 2.05) is 6.92 Å². The normalized spacial score (nSPS) is 24.0. The summed E-state index contributed by atoms with van der Waals surface area (Å²) in [6, 6.07) is 4.89. The van der Waals surface area contributed by atoms with Gasteiger partial charge >= 0.3 is 0 Å². The maximum absolute atomic E-state index is 12.3. The number of carbonyl (C=O) groups is 1. The Morgan fingerprint density at radius 1 is 1.33 bits per heavy atom. The molecule has 0 radical (unpaired) electrons. The van der Waals surface area contributed by atoms with Crippen molar-refractivity contribution in [2.24, 2.45) is 5.92 Å². The number of anilines is 2. The smallest absolute Gasteiger partial charge is 0.254 e. The van der Waals surface area contributed by atoms with Gasteiger partial charge in [0.25, 0.3) is 5.91 Å². The first-order valence-corrected chi connectivity index (χ1v) is 6.10. The summed E-state index contributed by atoms with van der Waals surface area (Å²) in [7, 11) is 0. The lowest BCUT2D eigenvalue weighted by Crippen LogP contribution is -2.45. The van der Waals surface area contributed by atoms with Gasteiger partial charge in [0.1, 0.15) is 0 Å². The molecule has 2 unspecified atom stereocenters. The molecule has 1 heterocycles. The molecule has 1 fully saturated rings. The number of piperidine rings is 1. The van der Waals surface area contributed by atoms with Gasteiger partial charge in [0, 0.05) is 30.0 Å². The molecule has 5 N–H and O–H groups in total. The average molecular weight is 249 g/mol. The molecular weight excluding hydrogens is 230 g/mol. The molecule has 0 spiro atoms. The molecule has 1 aliphatic rings. The molecule has 1 amide bonds. The lowest BCUT2D eigenvalue weighted by molar-refractivity contribution is 0.0297. The van der Waals surface area contributed by atoms with Crippen LogP contribution in [0, 0.1) is 5.92 Å². The molecule has 0 aliphatic carbocycles. The van der Waals surface area contributed by atoms with Crippen molar-refractivity contribution in [1.29, 1.82) is 0 Å². The zero-order valence-corrected chi connectivity index (χ0v) is 10.5. The molecule has 1 saturated heterocycles. The quantitative estimate of drug-likeness (QED) is 0.638. The van der Waals surface area contributed by atoms with Gasteiger partial charge in [0.15, 0.2) is 0 Å². The Hall–Kier alpha value is -1.75. The Balaban J connectivity index is 2.16. The van der Waals surface area contributed by atoms with E-state index in [-0.39, 0.29) is 17.9 Å². The molecule has 1 aromatic carbocycles. The zero-order valence-electron chi connectivity index (χ0n) is 10.5. The van der Waals surface area contributed by atoms with E-state index in [0.717, 1.165) is 0 Å². The van der Waals surface area contributed by atoms with Crippen molar-refractivity contribution < 1.29 is 9.90 Å². The van der Waals surface area contributed by atoms with Crippen molar-refractivity contribution in [2.45, 2.75) is 19.4 Å². The van der Waals surface area contributed by atoms with E-state index in [1.165, 1.54) is 0 Å². The molecule has 1 aliphatic heterocycles. The number of likely N-dealkylation sites (tertiary alicyclic amines) is 1. The van der Waals surface area contributed by atoms with Crippen LogP contribution in [-0.2, 0) is 0 Å². The Morgan fingerprint density at radius 2 is 1.94 bits per heavy atom. The highest BCUT2D eigenvalue weighted by atomic mass is 16.3. The minimum atomic E-state index is -0.319. The molecule has 0 saturated carbocycles. The van der Waals surface area contributed by atoms with E-state index in [9.17, 15) is 9.90 Å². The van der Waals surface area contributed by atoms with Crippen molar-refractivity contribution in [3.8, 4) is 0 Å². The number of hydrogen-bond donors (Lipinski definition) is 3. The monoisotopic (exact) mass is 249 g/mol. The number of nitrogens with zero attached hydrogens (tertiary/aromatic N) is 1. The third-order valence-corrected chi connectivity index (χ3v) is 3.37. The summed E-state index contributed by atoms with van der Waals surface area (Å²) >= 11 is 0. The van der Waals surface area contributed by atoms with E-state index in [4.69, 9.17) is 11.5 Å². The number of aliphatic hydroxyl groups is 1. The first-order valence-electron chi connectivity index (χ1n) is 6.10. The van der Waals surface area contributed by atoms with E-state index in [2.05, 4.69) is 0 Å². The summed E-state index contributed by atoms with van der Waals surface area (Å²) in [5, 5.41) is 9.66. The van der Waals surface area contributed by atoms with Gasteiger partial charge in [-0.15, -0.1) is 0 Å². The predicted octanol–water partition coefficient (Wildman–Crippen LogP) is 0.694. The number of nitrogen functional groups attached to an aromatic ring is 2. The summed E-state index contributed by atoms with van der Waals surface area (Å²) in [6.07, 6.45) is 0.296. The van der Waals surface area contributed by atoms with Crippen molar-refractivity contribution in [2.75, 3.05) is 24.6 Å². The van der Waals surface area contributed by atoms with Crippen molar-refractivity contribution in [3.63, 3.8) is 0 Å². The summed E-state index contributed by atoms with van der Waals surface area (Å²) in [5.41, 5.74) is 12.9.